The molecule has 0 aliphatic heterocycles. The molecule has 0 aliphatic carbocycles. The van der Waals surface area contributed by atoms with Crippen LogP contribution < -0.4 is 5.11 Å². The fraction of sp³-hybridized carbons (Fsp3) is 0.500. The van der Waals surface area contributed by atoms with Crippen LogP contribution in [0.4, 0.5) is 0 Å². The van der Waals surface area contributed by atoms with Crippen LogP contribution in [0.2, 0.25) is 0 Å². The smallest absolute Gasteiger partial charge is 0.550 e. The Kier molecular flexibility index (Phi) is 9.09. The standard InChI is InChI=1S/C4H7O2.Ag/c1-2-3-4(5)6;/h1-3H2,(H,5,6);/q;+1/p-1. The molecule has 0 unspecified atom stereocenters. The van der Waals surface area contributed by atoms with Crippen LogP contribution in [0.3, 0.4) is 0 Å². The Labute approximate surface area is 58.4 Å². The van der Waals surface area contributed by atoms with Crippen LogP contribution in [0.5, 0.6) is 0 Å². The topological polar surface area (TPSA) is 40.1 Å². The molecule has 0 atom stereocenters. The van der Waals surface area contributed by atoms with Gasteiger partial charge < -0.3 is 9.90 Å². The predicted octanol–water partition coefficient (Wildman–Crippen LogP) is -0.652. The van der Waals surface area contributed by atoms with Gasteiger partial charge in [-0.1, -0.05) is 6.92 Å². The molecular formula is C4H6AgO2. The summed E-state index contributed by atoms with van der Waals surface area (Å²) in [7, 11) is 0. The molecule has 0 bridgehead atoms. The molecular weight excluding hydrogens is 188 g/mol. The van der Waals surface area contributed by atoms with Crippen molar-refractivity contribution in [2.75, 3.05) is 0 Å². The minimum Gasteiger partial charge on any atom is -0.550 e. The van der Waals surface area contributed by atoms with Gasteiger partial charge in [-0.2, -0.15) is 0 Å². The van der Waals surface area contributed by atoms with E-state index in [4.69, 9.17) is 0 Å². The van der Waals surface area contributed by atoms with Crippen LogP contribution in [-0.2, 0) is 27.2 Å². The van der Waals surface area contributed by atoms with Gasteiger partial charge in [-0.25, -0.2) is 0 Å². The normalized spacial score (nSPS) is 7.00. The maximum atomic E-state index is 9.45. The maximum absolute atomic E-state index is 9.45. The summed E-state index contributed by atoms with van der Waals surface area (Å²) in [6.45, 7) is 3.30. The Morgan fingerprint density at radius 2 is 2.14 bits per heavy atom. The van der Waals surface area contributed by atoms with E-state index in [0.717, 1.165) is 0 Å². The molecule has 0 amide bonds. The minimum absolute atomic E-state index is 0. The Bertz CT molecular complexity index is 53.7. The number of rotatable bonds is 2. The number of carboxylic acids is 1. The van der Waals surface area contributed by atoms with E-state index in [2.05, 4.69) is 6.92 Å². The summed E-state index contributed by atoms with van der Waals surface area (Å²) in [5.74, 6) is -1.02. The fourth-order valence-electron chi connectivity index (χ4n) is 0.144. The summed E-state index contributed by atoms with van der Waals surface area (Å²) in [4.78, 5) is 9.45. The molecule has 0 aromatic rings. The Morgan fingerprint density at radius 1 is 1.71 bits per heavy atom. The van der Waals surface area contributed by atoms with Gasteiger partial charge in [0, 0.05) is 5.97 Å². The quantitative estimate of drug-likeness (QED) is 0.548. The number of carbonyl (C=O) groups excluding carboxylic acids is 1. The third-order valence-corrected chi connectivity index (χ3v) is 0.381. The van der Waals surface area contributed by atoms with Crippen LogP contribution >= 0.6 is 0 Å². The van der Waals surface area contributed by atoms with E-state index in [1.54, 1.807) is 0 Å². The van der Waals surface area contributed by atoms with Gasteiger partial charge in [-0.15, -0.1) is 0 Å². The van der Waals surface area contributed by atoms with E-state index in [-0.39, 0.29) is 28.8 Å². The second-order valence-corrected chi connectivity index (χ2v) is 0.976. The van der Waals surface area contributed by atoms with E-state index in [9.17, 15) is 9.90 Å². The molecule has 0 saturated carbocycles. The van der Waals surface area contributed by atoms with E-state index in [1.807, 2.05) is 0 Å². The largest absolute Gasteiger partial charge is 1.00 e. The number of carbonyl (C=O) groups is 1. The van der Waals surface area contributed by atoms with Gasteiger partial charge in [-0.3, -0.25) is 0 Å². The van der Waals surface area contributed by atoms with Crippen molar-refractivity contribution < 1.29 is 32.3 Å². The third-order valence-electron chi connectivity index (χ3n) is 0.381. The minimum atomic E-state index is -1.02. The van der Waals surface area contributed by atoms with Crippen LogP contribution in [0.25, 0.3) is 0 Å². The molecule has 0 N–H and O–H groups in total. The van der Waals surface area contributed by atoms with Crippen molar-refractivity contribution in [3.8, 4) is 0 Å². The zero-order valence-electron chi connectivity index (χ0n) is 3.74. The first-order valence-corrected chi connectivity index (χ1v) is 1.76. The van der Waals surface area contributed by atoms with Crippen LogP contribution in [0.1, 0.15) is 12.8 Å². The van der Waals surface area contributed by atoms with Gasteiger partial charge in [0.05, 0.1) is 0 Å². The Balaban J connectivity index is 0. The molecule has 0 fully saturated rings. The van der Waals surface area contributed by atoms with Crippen molar-refractivity contribution >= 4 is 5.97 Å². The van der Waals surface area contributed by atoms with E-state index >= 15 is 0 Å². The number of carboxylic acid groups (broad SMARTS) is 1. The molecule has 2 nitrogen and oxygen atoms in total. The molecule has 1 radical (unpaired) electrons. The monoisotopic (exact) mass is 193 g/mol. The molecule has 0 saturated heterocycles. The van der Waals surface area contributed by atoms with Crippen molar-refractivity contribution in [1.29, 1.82) is 0 Å². The number of hydrogen-bond donors (Lipinski definition) is 0. The fourth-order valence-corrected chi connectivity index (χ4v) is 0.144. The van der Waals surface area contributed by atoms with Crippen LogP contribution in [0, 0.1) is 6.92 Å². The predicted molar refractivity (Wildman–Crippen MR) is 19.6 cm³/mol. The van der Waals surface area contributed by atoms with Crippen LogP contribution in [0.15, 0.2) is 0 Å². The Hall–Kier alpha value is 0.210. The molecule has 7 heavy (non-hydrogen) atoms. The SMILES string of the molecule is [Ag+].[CH2]CCC(=O)[O-]. The molecule has 3 heteroatoms. The van der Waals surface area contributed by atoms with Gasteiger partial charge in [0.1, 0.15) is 0 Å². The molecule has 0 heterocycles. The van der Waals surface area contributed by atoms with Gasteiger partial charge >= 0.3 is 22.4 Å². The molecule has 0 aromatic heterocycles. The Morgan fingerprint density at radius 3 is 2.14 bits per heavy atom. The summed E-state index contributed by atoms with van der Waals surface area (Å²) in [5.41, 5.74) is 0. The van der Waals surface area contributed by atoms with Gasteiger partial charge in [-0.05, 0) is 12.8 Å². The van der Waals surface area contributed by atoms with Gasteiger partial charge in [0.25, 0.3) is 0 Å². The van der Waals surface area contributed by atoms with Crippen molar-refractivity contribution in [3.63, 3.8) is 0 Å². The summed E-state index contributed by atoms with van der Waals surface area (Å²) < 4.78 is 0. The average Bonchev–Trinajstić information content (AvgIpc) is 1.35. The summed E-state index contributed by atoms with van der Waals surface area (Å²) in [6, 6.07) is 0. The second-order valence-electron chi connectivity index (χ2n) is 0.976. The summed E-state index contributed by atoms with van der Waals surface area (Å²) in [6.07, 6.45) is 0.488. The summed E-state index contributed by atoms with van der Waals surface area (Å²) >= 11 is 0. The first-order chi connectivity index (χ1) is 2.77. The molecule has 45 valence electrons. The summed E-state index contributed by atoms with van der Waals surface area (Å²) in [5, 5.41) is 9.45. The zero-order chi connectivity index (χ0) is 4.99. The molecule has 0 aliphatic rings. The molecule has 0 rings (SSSR count). The molecule has 0 aromatic carbocycles. The van der Waals surface area contributed by atoms with Crippen LogP contribution in [-0.4, -0.2) is 5.97 Å². The van der Waals surface area contributed by atoms with E-state index in [0.29, 0.717) is 6.42 Å². The second kappa shape index (κ2) is 6.21. The number of aliphatic carboxylic acids is 1. The van der Waals surface area contributed by atoms with Crippen molar-refractivity contribution in [3.05, 3.63) is 6.92 Å². The first kappa shape index (κ1) is 10.2. The van der Waals surface area contributed by atoms with Crippen molar-refractivity contribution in [2.24, 2.45) is 0 Å². The van der Waals surface area contributed by atoms with Gasteiger partial charge in [0.2, 0.25) is 0 Å². The number of hydrogen-bond acceptors (Lipinski definition) is 2. The maximum Gasteiger partial charge on any atom is 1.00 e. The van der Waals surface area contributed by atoms with Gasteiger partial charge in [0.15, 0.2) is 0 Å². The van der Waals surface area contributed by atoms with E-state index < -0.39 is 5.97 Å². The zero-order valence-corrected chi connectivity index (χ0v) is 5.22. The van der Waals surface area contributed by atoms with Crippen molar-refractivity contribution in [1.82, 2.24) is 0 Å². The third kappa shape index (κ3) is 10.7. The molecule has 0 spiro atoms. The average molecular weight is 194 g/mol. The van der Waals surface area contributed by atoms with E-state index in [1.165, 1.54) is 0 Å². The van der Waals surface area contributed by atoms with Crippen molar-refractivity contribution in [2.45, 2.75) is 12.8 Å². The first-order valence-electron chi connectivity index (χ1n) is 1.76.